The summed E-state index contributed by atoms with van der Waals surface area (Å²) >= 11 is 0. The summed E-state index contributed by atoms with van der Waals surface area (Å²) < 4.78 is 1.72. The summed E-state index contributed by atoms with van der Waals surface area (Å²) in [6.45, 7) is 5.29. The van der Waals surface area contributed by atoms with E-state index < -0.39 is 0 Å². The van der Waals surface area contributed by atoms with Gasteiger partial charge in [-0.05, 0) is 43.7 Å². The third kappa shape index (κ3) is 3.70. The molecule has 112 valence electrons. The summed E-state index contributed by atoms with van der Waals surface area (Å²) in [6.07, 6.45) is 2.91. The number of aromatic nitrogens is 2. The maximum atomic E-state index is 11.6. The van der Waals surface area contributed by atoms with Gasteiger partial charge in [0.05, 0.1) is 5.69 Å². The predicted molar refractivity (Wildman–Crippen MR) is 83.7 cm³/mol. The summed E-state index contributed by atoms with van der Waals surface area (Å²) in [5.74, 6) is -0.178. The second-order valence-electron chi connectivity index (χ2n) is 5.00. The summed E-state index contributed by atoms with van der Waals surface area (Å²) in [5, 5.41) is 10.3. The molecule has 2 N–H and O–H groups in total. The first-order valence-electron chi connectivity index (χ1n) is 7.27. The van der Waals surface area contributed by atoms with Crippen LogP contribution in [0.5, 0.6) is 0 Å². The van der Waals surface area contributed by atoms with Gasteiger partial charge in [-0.25, -0.2) is 4.68 Å². The van der Waals surface area contributed by atoms with Crippen LogP contribution in [0.1, 0.15) is 42.4 Å². The lowest BCUT2D eigenvalue weighted by atomic mass is 10.1. The van der Waals surface area contributed by atoms with Crippen molar-refractivity contribution in [2.24, 2.45) is 0 Å². The number of nitrogens with zero attached hydrogens (tertiary/aromatic N) is 2. The van der Waals surface area contributed by atoms with E-state index in [1.165, 1.54) is 5.56 Å². The number of carbonyl (C=O) groups is 1. The Morgan fingerprint density at radius 3 is 2.90 bits per heavy atom. The molecule has 21 heavy (non-hydrogen) atoms. The SMILES string of the molecule is CCCNC(C)c1cccc(-n2ccc(C(=O)NC)n2)c1. The van der Waals surface area contributed by atoms with Gasteiger partial charge in [0.25, 0.3) is 5.91 Å². The van der Waals surface area contributed by atoms with Crippen molar-refractivity contribution in [2.75, 3.05) is 13.6 Å². The van der Waals surface area contributed by atoms with Crippen LogP contribution in [0.3, 0.4) is 0 Å². The number of nitrogens with one attached hydrogen (secondary N) is 2. The van der Waals surface area contributed by atoms with Crippen molar-refractivity contribution in [2.45, 2.75) is 26.3 Å². The summed E-state index contributed by atoms with van der Waals surface area (Å²) in [5.41, 5.74) is 2.57. The fourth-order valence-corrected chi connectivity index (χ4v) is 2.13. The first-order chi connectivity index (χ1) is 10.2. The molecule has 5 nitrogen and oxygen atoms in total. The lowest BCUT2D eigenvalue weighted by molar-refractivity contribution is 0.0957. The topological polar surface area (TPSA) is 59.0 Å². The summed E-state index contributed by atoms with van der Waals surface area (Å²) in [7, 11) is 1.60. The minimum Gasteiger partial charge on any atom is -0.354 e. The number of hydrogen-bond donors (Lipinski definition) is 2. The Morgan fingerprint density at radius 2 is 2.19 bits per heavy atom. The van der Waals surface area contributed by atoms with E-state index in [9.17, 15) is 4.79 Å². The van der Waals surface area contributed by atoms with Crippen LogP contribution in [0.25, 0.3) is 5.69 Å². The molecule has 0 radical (unpaired) electrons. The highest BCUT2D eigenvalue weighted by atomic mass is 16.1. The van der Waals surface area contributed by atoms with Crippen molar-refractivity contribution in [3.8, 4) is 5.69 Å². The molecular weight excluding hydrogens is 264 g/mol. The Balaban J connectivity index is 2.20. The molecule has 1 amide bonds. The lowest BCUT2D eigenvalue weighted by Crippen LogP contribution is -2.19. The lowest BCUT2D eigenvalue weighted by Gasteiger charge is -2.14. The van der Waals surface area contributed by atoms with E-state index in [4.69, 9.17) is 0 Å². The zero-order chi connectivity index (χ0) is 15.2. The number of hydrogen-bond acceptors (Lipinski definition) is 3. The van der Waals surface area contributed by atoms with Gasteiger partial charge in [-0.15, -0.1) is 0 Å². The monoisotopic (exact) mass is 286 g/mol. The fraction of sp³-hybridized carbons (Fsp3) is 0.375. The van der Waals surface area contributed by atoms with Crippen LogP contribution < -0.4 is 10.6 Å². The van der Waals surface area contributed by atoms with E-state index in [1.54, 1.807) is 24.0 Å². The molecule has 0 aliphatic rings. The molecule has 0 bridgehead atoms. The van der Waals surface area contributed by atoms with Crippen molar-refractivity contribution in [3.05, 3.63) is 47.8 Å². The van der Waals surface area contributed by atoms with Crippen LogP contribution in [0, 0.1) is 0 Å². The molecule has 0 saturated carbocycles. The molecule has 2 rings (SSSR count). The molecule has 1 atom stereocenters. The number of amides is 1. The molecule has 0 spiro atoms. The molecule has 1 aromatic carbocycles. The third-order valence-corrected chi connectivity index (χ3v) is 3.38. The minimum atomic E-state index is -0.178. The molecule has 0 aliphatic carbocycles. The van der Waals surface area contributed by atoms with E-state index >= 15 is 0 Å². The van der Waals surface area contributed by atoms with Crippen molar-refractivity contribution in [1.82, 2.24) is 20.4 Å². The van der Waals surface area contributed by atoms with Gasteiger partial charge in [-0.2, -0.15) is 5.10 Å². The Morgan fingerprint density at radius 1 is 1.38 bits per heavy atom. The largest absolute Gasteiger partial charge is 0.354 e. The zero-order valence-corrected chi connectivity index (χ0v) is 12.8. The Labute approximate surface area is 125 Å². The van der Waals surface area contributed by atoms with E-state index in [0.717, 1.165) is 18.7 Å². The van der Waals surface area contributed by atoms with Gasteiger partial charge in [0.15, 0.2) is 5.69 Å². The normalized spacial score (nSPS) is 12.1. The Kier molecular flexibility index (Phi) is 5.11. The van der Waals surface area contributed by atoms with Gasteiger partial charge in [0.2, 0.25) is 0 Å². The van der Waals surface area contributed by atoms with Gasteiger partial charge < -0.3 is 10.6 Å². The number of carbonyl (C=O) groups excluding carboxylic acids is 1. The van der Waals surface area contributed by atoms with Crippen molar-refractivity contribution >= 4 is 5.91 Å². The van der Waals surface area contributed by atoms with Crippen LogP contribution in [-0.2, 0) is 0 Å². The molecule has 1 unspecified atom stereocenters. The highest BCUT2D eigenvalue weighted by molar-refractivity contribution is 5.91. The van der Waals surface area contributed by atoms with E-state index in [-0.39, 0.29) is 5.91 Å². The highest BCUT2D eigenvalue weighted by Crippen LogP contribution is 2.16. The van der Waals surface area contributed by atoms with Gasteiger partial charge in [0.1, 0.15) is 0 Å². The van der Waals surface area contributed by atoms with Gasteiger partial charge in [-0.1, -0.05) is 19.1 Å². The van der Waals surface area contributed by atoms with Crippen LogP contribution in [0.2, 0.25) is 0 Å². The predicted octanol–water partition coefficient (Wildman–Crippen LogP) is 2.29. The Hall–Kier alpha value is -2.14. The fourth-order valence-electron chi connectivity index (χ4n) is 2.13. The number of benzene rings is 1. The first-order valence-corrected chi connectivity index (χ1v) is 7.27. The summed E-state index contributed by atoms with van der Waals surface area (Å²) in [6, 6.07) is 10.2. The van der Waals surface area contributed by atoms with E-state index in [0.29, 0.717) is 11.7 Å². The minimum absolute atomic E-state index is 0.178. The summed E-state index contributed by atoms with van der Waals surface area (Å²) in [4.78, 5) is 11.6. The smallest absolute Gasteiger partial charge is 0.271 e. The second-order valence-corrected chi connectivity index (χ2v) is 5.00. The van der Waals surface area contributed by atoms with Crippen molar-refractivity contribution < 1.29 is 4.79 Å². The van der Waals surface area contributed by atoms with Gasteiger partial charge >= 0.3 is 0 Å². The standard InChI is InChI=1S/C16H22N4O/c1-4-9-18-12(2)13-6-5-7-14(11-13)20-10-8-15(19-20)16(21)17-3/h5-8,10-12,18H,4,9H2,1-3H3,(H,17,21). The average Bonchev–Trinajstić information content (AvgIpc) is 3.02. The molecule has 1 aromatic heterocycles. The highest BCUT2D eigenvalue weighted by Gasteiger charge is 2.09. The molecule has 2 aromatic rings. The molecule has 0 aliphatic heterocycles. The van der Waals surface area contributed by atoms with Crippen LogP contribution in [0.15, 0.2) is 36.5 Å². The zero-order valence-electron chi connectivity index (χ0n) is 12.8. The molecule has 0 saturated heterocycles. The number of rotatable bonds is 6. The van der Waals surface area contributed by atoms with E-state index in [1.807, 2.05) is 12.1 Å². The molecule has 0 fully saturated rings. The van der Waals surface area contributed by atoms with Crippen LogP contribution >= 0.6 is 0 Å². The van der Waals surface area contributed by atoms with Crippen molar-refractivity contribution in [1.29, 1.82) is 0 Å². The third-order valence-electron chi connectivity index (χ3n) is 3.38. The van der Waals surface area contributed by atoms with Crippen molar-refractivity contribution in [3.63, 3.8) is 0 Å². The van der Waals surface area contributed by atoms with E-state index in [2.05, 4.69) is 41.7 Å². The Bertz CT molecular complexity index is 606. The van der Waals surface area contributed by atoms with Crippen LogP contribution in [-0.4, -0.2) is 29.3 Å². The quantitative estimate of drug-likeness (QED) is 0.856. The first kappa shape index (κ1) is 15.3. The molecule has 5 heteroatoms. The van der Waals surface area contributed by atoms with Crippen LogP contribution in [0.4, 0.5) is 0 Å². The van der Waals surface area contributed by atoms with Gasteiger partial charge in [-0.3, -0.25) is 4.79 Å². The maximum Gasteiger partial charge on any atom is 0.271 e. The second kappa shape index (κ2) is 7.04. The molecular formula is C16H22N4O. The molecule has 1 heterocycles. The maximum absolute atomic E-state index is 11.6. The van der Waals surface area contributed by atoms with Gasteiger partial charge in [0, 0.05) is 19.3 Å². The average molecular weight is 286 g/mol.